The summed E-state index contributed by atoms with van der Waals surface area (Å²) in [6.45, 7) is 11.5. The molecule has 0 aromatic carbocycles. The van der Waals surface area contributed by atoms with Crippen molar-refractivity contribution in [3.8, 4) is 0 Å². The van der Waals surface area contributed by atoms with Gasteiger partial charge in [0.25, 0.3) is 0 Å². The molecule has 0 radical (unpaired) electrons. The quantitative estimate of drug-likeness (QED) is 0.833. The summed E-state index contributed by atoms with van der Waals surface area (Å²) < 4.78 is 5.68. The number of piperidine rings is 1. The number of ether oxygens (including phenoxy) is 1. The summed E-state index contributed by atoms with van der Waals surface area (Å²) in [5.74, 6) is 2.32. The van der Waals surface area contributed by atoms with E-state index in [4.69, 9.17) is 4.74 Å². The number of likely N-dealkylation sites (tertiary alicyclic amines) is 1. The second-order valence-electron chi connectivity index (χ2n) is 6.53. The van der Waals surface area contributed by atoms with Crippen LogP contribution in [0.3, 0.4) is 0 Å². The van der Waals surface area contributed by atoms with Crippen molar-refractivity contribution < 1.29 is 4.74 Å². The van der Waals surface area contributed by atoms with Gasteiger partial charge in [0.05, 0.1) is 6.61 Å². The Morgan fingerprint density at radius 2 is 2.06 bits per heavy atom. The molecule has 0 saturated carbocycles. The number of hydrogen-bond acceptors (Lipinski definition) is 3. The highest BCUT2D eigenvalue weighted by Gasteiger charge is 2.33. The molecule has 0 aromatic rings. The van der Waals surface area contributed by atoms with Crippen LogP contribution in [0.1, 0.15) is 33.6 Å². The molecule has 0 bridgehead atoms. The fraction of sp³-hybridized carbons (Fsp3) is 1.00. The molecule has 5 unspecified atom stereocenters. The Kier molecular flexibility index (Phi) is 5.05. The Labute approximate surface area is 112 Å². The van der Waals surface area contributed by atoms with E-state index in [1.807, 2.05) is 0 Å². The van der Waals surface area contributed by atoms with Gasteiger partial charge in [-0.3, -0.25) is 4.90 Å². The van der Waals surface area contributed by atoms with E-state index < -0.39 is 0 Å². The molecule has 0 spiro atoms. The molecule has 106 valence electrons. The highest BCUT2D eigenvalue weighted by molar-refractivity contribution is 4.87. The first kappa shape index (κ1) is 14.3. The second-order valence-corrected chi connectivity index (χ2v) is 6.53. The predicted molar refractivity (Wildman–Crippen MR) is 75.8 cm³/mol. The molecule has 2 aliphatic heterocycles. The molecule has 1 N–H and O–H groups in total. The van der Waals surface area contributed by atoms with Crippen LogP contribution < -0.4 is 5.32 Å². The molecule has 2 aliphatic rings. The van der Waals surface area contributed by atoms with Gasteiger partial charge in [-0.05, 0) is 38.6 Å². The van der Waals surface area contributed by atoms with Gasteiger partial charge in [-0.15, -0.1) is 0 Å². The minimum atomic E-state index is 0.637. The smallest absolute Gasteiger partial charge is 0.0521 e. The average molecular weight is 254 g/mol. The van der Waals surface area contributed by atoms with E-state index in [9.17, 15) is 0 Å². The third kappa shape index (κ3) is 3.25. The molecule has 0 amide bonds. The van der Waals surface area contributed by atoms with E-state index in [2.05, 4.69) is 38.0 Å². The lowest BCUT2D eigenvalue weighted by Gasteiger charge is -2.44. The van der Waals surface area contributed by atoms with Crippen molar-refractivity contribution in [3.63, 3.8) is 0 Å². The van der Waals surface area contributed by atoms with Crippen molar-refractivity contribution in [2.45, 2.75) is 45.7 Å². The molecular weight excluding hydrogens is 224 g/mol. The van der Waals surface area contributed by atoms with Crippen LogP contribution in [0.2, 0.25) is 0 Å². The fourth-order valence-corrected chi connectivity index (χ4v) is 3.73. The van der Waals surface area contributed by atoms with Crippen molar-refractivity contribution in [1.29, 1.82) is 0 Å². The topological polar surface area (TPSA) is 24.5 Å². The number of hydrogen-bond donors (Lipinski definition) is 1. The lowest BCUT2D eigenvalue weighted by atomic mass is 9.84. The van der Waals surface area contributed by atoms with Crippen molar-refractivity contribution in [2.24, 2.45) is 17.8 Å². The van der Waals surface area contributed by atoms with Gasteiger partial charge in [-0.1, -0.05) is 13.8 Å². The highest BCUT2D eigenvalue weighted by atomic mass is 16.5. The van der Waals surface area contributed by atoms with E-state index in [-0.39, 0.29) is 0 Å². The minimum absolute atomic E-state index is 0.637. The molecule has 3 nitrogen and oxygen atoms in total. The molecule has 5 atom stereocenters. The van der Waals surface area contributed by atoms with Crippen molar-refractivity contribution in [3.05, 3.63) is 0 Å². The molecule has 18 heavy (non-hydrogen) atoms. The maximum absolute atomic E-state index is 5.68. The van der Waals surface area contributed by atoms with E-state index >= 15 is 0 Å². The van der Waals surface area contributed by atoms with E-state index in [1.54, 1.807) is 0 Å². The largest absolute Gasteiger partial charge is 0.381 e. The van der Waals surface area contributed by atoms with Crippen LogP contribution in [0.4, 0.5) is 0 Å². The Morgan fingerprint density at radius 3 is 2.78 bits per heavy atom. The van der Waals surface area contributed by atoms with E-state index in [0.29, 0.717) is 12.0 Å². The Hall–Kier alpha value is -0.120. The van der Waals surface area contributed by atoms with Gasteiger partial charge in [0, 0.05) is 37.7 Å². The zero-order chi connectivity index (χ0) is 13.1. The fourth-order valence-electron chi connectivity index (χ4n) is 3.73. The summed E-state index contributed by atoms with van der Waals surface area (Å²) in [4.78, 5) is 2.70. The van der Waals surface area contributed by atoms with Gasteiger partial charge in [-0.25, -0.2) is 0 Å². The van der Waals surface area contributed by atoms with Crippen LogP contribution in [-0.2, 0) is 4.74 Å². The van der Waals surface area contributed by atoms with Crippen LogP contribution in [-0.4, -0.2) is 50.3 Å². The van der Waals surface area contributed by atoms with Gasteiger partial charge in [0.2, 0.25) is 0 Å². The third-order valence-electron chi connectivity index (χ3n) is 5.03. The Balaban J connectivity index is 1.94. The summed E-state index contributed by atoms with van der Waals surface area (Å²) in [5, 5.41) is 3.47. The third-order valence-corrected chi connectivity index (χ3v) is 5.03. The lowest BCUT2D eigenvalue weighted by molar-refractivity contribution is -0.00599. The Bertz CT molecular complexity index is 259. The van der Waals surface area contributed by atoms with Crippen LogP contribution in [0.25, 0.3) is 0 Å². The molecule has 2 saturated heterocycles. The number of nitrogens with zero attached hydrogens (tertiary/aromatic N) is 1. The first-order valence-corrected chi connectivity index (χ1v) is 7.60. The molecule has 0 aliphatic carbocycles. The summed E-state index contributed by atoms with van der Waals surface area (Å²) in [5.41, 5.74) is 0. The maximum Gasteiger partial charge on any atom is 0.0521 e. The Morgan fingerprint density at radius 1 is 1.28 bits per heavy atom. The molecule has 2 heterocycles. The van der Waals surface area contributed by atoms with Gasteiger partial charge in [0.15, 0.2) is 0 Å². The number of nitrogens with one attached hydrogen (secondary N) is 1. The molecule has 0 aromatic heterocycles. The normalized spacial score (nSPS) is 43.0. The van der Waals surface area contributed by atoms with Crippen LogP contribution >= 0.6 is 0 Å². The molecular formula is C15H30N2O. The summed E-state index contributed by atoms with van der Waals surface area (Å²) in [6.07, 6.45) is 2.54. The van der Waals surface area contributed by atoms with E-state index in [0.717, 1.165) is 37.5 Å². The van der Waals surface area contributed by atoms with Crippen molar-refractivity contribution in [1.82, 2.24) is 10.2 Å². The van der Waals surface area contributed by atoms with Gasteiger partial charge >= 0.3 is 0 Å². The number of rotatable bonds is 3. The first-order valence-electron chi connectivity index (χ1n) is 7.60. The highest BCUT2D eigenvalue weighted by Crippen LogP contribution is 2.28. The SMILES string of the molecule is CNC1CCOCC1CN1CC(C)CC(C)C1C. The summed E-state index contributed by atoms with van der Waals surface area (Å²) in [6, 6.07) is 1.36. The average Bonchev–Trinajstić information content (AvgIpc) is 2.36. The molecule has 2 fully saturated rings. The van der Waals surface area contributed by atoms with Gasteiger partial charge in [-0.2, -0.15) is 0 Å². The summed E-state index contributed by atoms with van der Waals surface area (Å²) >= 11 is 0. The van der Waals surface area contributed by atoms with Gasteiger partial charge in [0.1, 0.15) is 0 Å². The minimum Gasteiger partial charge on any atom is -0.381 e. The summed E-state index contributed by atoms with van der Waals surface area (Å²) in [7, 11) is 2.09. The van der Waals surface area contributed by atoms with Crippen LogP contribution in [0, 0.1) is 17.8 Å². The zero-order valence-corrected chi connectivity index (χ0v) is 12.5. The van der Waals surface area contributed by atoms with Crippen molar-refractivity contribution in [2.75, 3.05) is 33.4 Å². The van der Waals surface area contributed by atoms with Crippen LogP contribution in [0.5, 0.6) is 0 Å². The standard InChI is InChI=1S/C15H30N2O/c1-11-7-12(2)13(3)17(8-11)9-14-10-18-6-5-15(14)16-4/h11-16H,5-10H2,1-4H3. The van der Waals surface area contributed by atoms with Gasteiger partial charge < -0.3 is 10.1 Å². The first-order chi connectivity index (χ1) is 8.61. The van der Waals surface area contributed by atoms with E-state index in [1.165, 1.54) is 19.5 Å². The maximum atomic E-state index is 5.68. The molecule has 3 heteroatoms. The monoisotopic (exact) mass is 254 g/mol. The lowest BCUT2D eigenvalue weighted by Crippen LogP contribution is -2.52. The van der Waals surface area contributed by atoms with Crippen molar-refractivity contribution >= 4 is 0 Å². The molecule has 2 rings (SSSR count). The predicted octanol–water partition coefficient (Wildman–Crippen LogP) is 1.98. The van der Waals surface area contributed by atoms with Crippen LogP contribution in [0.15, 0.2) is 0 Å². The zero-order valence-electron chi connectivity index (χ0n) is 12.5. The second kappa shape index (κ2) is 6.36.